The number of anilines is 1. The molecule has 0 spiro atoms. The highest BCUT2D eigenvalue weighted by Crippen LogP contribution is 2.08. The molecular weight excluding hydrogens is 250 g/mol. The highest BCUT2D eigenvalue weighted by Gasteiger charge is 2.13. The van der Waals surface area contributed by atoms with Gasteiger partial charge in [0, 0.05) is 18.8 Å². The quantitative estimate of drug-likeness (QED) is 0.905. The molecule has 0 aliphatic heterocycles. The first kappa shape index (κ1) is 14.1. The molecule has 0 atom stereocenters. The van der Waals surface area contributed by atoms with Crippen molar-refractivity contribution in [2.24, 2.45) is 0 Å². The van der Waals surface area contributed by atoms with Gasteiger partial charge >= 0.3 is 0 Å². The maximum Gasteiger partial charge on any atom is 0.228 e. The molecule has 20 heavy (non-hydrogen) atoms. The summed E-state index contributed by atoms with van der Waals surface area (Å²) in [6, 6.07) is 13.5. The van der Waals surface area contributed by atoms with Crippen molar-refractivity contribution in [2.75, 3.05) is 12.3 Å². The molecule has 2 rings (SSSR count). The maximum absolute atomic E-state index is 12.3. The number of carbonyl (C=O) groups is 1. The molecule has 1 amide bonds. The minimum Gasteiger partial charge on any atom is -0.397 e. The topological polar surface area (TPSA) is 59.2 Å². The first-order valence-corrected chi connectivity index (χ1v) is 6.71. The van der Waals surface area contributed by atoms with Crippen molar-refractivity contribution in [1.29, 1.82) is 0 Å². The van der Waals surface area contributed by atoms with Gasteiger partial charge in [-0.1, -0.05) is 30.3 Å². The van der Waals surface area contributed by atoms with E-state index in [9.17, 15) is 4.79 Å². The smallest absolute Gasteiger partial charge is 0.228 e. The van der Waals surface area contributed by atoms with Crippen LogP contribution in [0.4, 0.5) is 5.69 Å². The summed E-state index contributed by atoms with van der Waals surface area (Å²) in [6.07, 6.45) is 1.89. The van der Waals surface area contributed by atoms with Crippen LogP contribution < -0.4 is 5.73 Å². The van der Waals surface area contributed by atoms with Crippen molar-refractivity contribution < 1.29 is 4.79 Å². The van der Waals surface area contributed by atoms with Gasteiger partial charge in [0.05, 0.1) is 18.3 Å². The van der Waals surface area contributed by atoms with Crippen LogP contribution in [0.15, 0.2) is 48.7 Å². The number of hydrogen-bond acceptors (Lipinski definition) is 3. The predicted octanol–water partition coefficient (Wildman–Crippen LogP) is 2.25. The van der Waals surface area contributed by atoms with E-state index < -0.39 is 0 Å². The molecule has 4 nitrogen and oxygen atoms in total. The van der Waals surface area contributed by atoms with Crippen LogP contribution in [0.1, 0.15) is 18.2 Å². The summed E-state index contributed by atoms with van der Waals surface area (Å²) in [6.45, 7) is 3.30. The molecular formula is C16H19N3O. The van der Waals surface area contributed by atoms with Gasteiger partial charge in [-0.05, 0) is 24.6 Å². The van der Waals surface area contributed by atoms with Crippen LogP contribution in [0.5, 0.6) is 0 Å². The number of pyridine rings is 1. The Morgan fingerprint density at radius 3 is 2.55 bits per heavy atom. The number of amides is 1. The molecule has 0 fully saturated rings. The molecule has 2 N–H and O–H groups in total. The van der Waals surface area contributed by atoms with Gasteiger partial charge < -0.3 is 10.6 Å². The van der Waals surface area contributed by atoms with Gasteiger partial charge in [-0.3, -0.25) is 9.78 Å². The van der Waals surface area contributed by atoms with Crippen molar-refractivity contribution in [3.05, 3.63) is 59.9 Å². The zero-order valence-electron chi connectivity index (χ0n) is 11.6. The first-order valence-electron chi connectivity index (χ1n) is 6.71. The highest BCUT2D eigenvalue weighted by molar-refractivity contribution is 5.78. The fourth-order valence-corrected chi connectivity index (χ4v) is 1.99. The third-order valence-corrected chi connectivity index (χ3v) is 3.13. The number of nitrogens with two attached hydrogens (primary N) is 1. The van der Waals surface area contributed by atoms with Gasteiger partial charge in [0.2, 0.25) is 5.91 Å². The van der Waals surface area contributed by atoms with Crippen LogP contribution in [0, 0.1) is 0 Å². The molecule has 1 aromatic heterocycles. The summed E-state index contributed by atoms with van der Waals surface area (Å²) < 4.78 is 0. The molecule has 0 unspecified atom stereocenters. The average molecular weight is 269 g/mol. The van der Waals surface area contributed by atoms with Crippen LogP contribution in [0.2, 0.25) is 0 Å². The summed E-state index contributed by atoms with van der Waals surface area (Å²) in [5.74, 6) is 0.0774. The lowest BCUT2D eigenvalue weighted by molar-refractivity contribution is -0.130. The van der Waals surface area contributed by atoms with E-state index in [0.717, 1.165) is 11.3 Å². The van der Waals surface area contributed by atoms with Gasteiger partial charge in [0.15, 0.2) is 0 Å². The monoisotopic (exact) mass is 269 g/mol. The summed E-state index contributed by atoms with van der Waals surface area (Å²) in [5, 5.41) is 0. The molecule has 4 heteroatoms. The minimum absolute atomic E-state index is 0.0774. The van der Waals surface area contributed by atoms with E-state index in [1.54, 1.807) is 18.3 Å². The van der Waals surface area contributed by atoms with E-state index in [1.165, 1.54) is 0 Å². The molecule has 0 aliphatic carbocycles. The number of benzene rings is 1. The number of carbonyl (C=O) groups excluding carboxylic acids is 1. The van der Waals surface area contributed by atoms with E-state index in [2.05, 4.69) is 4.98 Å². The Hall–Kier alpha value is -2.36. The fraction of sp³-hybridized carbons (Fsp3) is 0.250. The second kappa shape index (κ2) is 6.70. The van der Waals surface area contributed by atoms with Crippen LogP contribution in [0.25, 0.3) is 0 Å². The summed E-state index contributed by atoms with van der Waals surface area (Å²) in [7, 11) is 0. The summed E-state index contributed by atoms with van der Waals surface area (Å²) in [4.78, 5) is 18.3. The summed E-state index contributed by atoms with van der Waals surface area (Å²) in [5.41, 5.74) is 8.08. The fourth-order valence-electron chi connectivity index (χ4n) is 1.99. The first-order chi connectivity index (χ1) is 9.69. The van der Waals surface area contributed by atoms with Crippen molar-refractivity contribution in [3.8, 4) is 0 Å². The molecule has 0 saturated carbocycles. The zero-order chi connectivity index (χ0) is 14.4. The second-order valence-corrected chi connectivity index (χ2v) is 4.65. The summed E-state index contributed by atoms with van der Waals surface area (Å²) >= 11 is 0. The second-order valence-electron chi connectivity index (χ2n) is 4.65. The Labute approximate surface area is 119 Å². The van der Waals surface area contributed by atoms with Gasteiger partial charge in [-0.15, -0.1) is 0 Å². The number of likely N-dealkylation sites (N-methyl/N-ethyl adjacent to an activating group) is 1. The number of nitrogens with zero attached hydrogens (tertiary/aromatic N) is 2. The van der Waals surface area contributed by atoms with Crippen LogP contribution in [-0.2, 0) is 17.8 Å². The number of nitrogen functional groups attached to an aromatic ring is 1. The van der Waals surface area contributed by atoms with E-state index in [1.807, 2.05) is 42.2 Å². The normalized spacial score (nSPS) is 10.2. The van der Waals surface area contributed by atoms with Crippen molar-refractivity contribution in [2.45, 2.75) is 19.9 Å². The van der Waals surface area contributed by atoms with Crippen molar-refractivity contribution in [3.63, 3.8) is 0 Å². The van der Waals surface area contributed by atoms with Gasteiger partial charge in [0.1, 0.15) is 0 Å². The van der Waals surface area contributed by atoms with Gasteiger partial charge in [-0.2, -0.15) is 0 Å². The molecule has 1 heterocycles. The largest absolute Gasteiger partial charge is 0.397 e. The maximum atomic E-state index is 12.3. The number of hydrogen-bond donors (Lipinski definition) is 1. The number of aromatic nitrogens is 1. The lowest BCUT2D eigenvalue weighted by atomic mass is 10.2. The average Bonchev–Trinajstić information content (AvgIpc) is 2.48. The molecule has 0 bridgehead atoms. The van der Waals surface area contributed by atoms with Crippen molar-refractivity contribution in [1.82, 2.24) is 9.88 Å². The molecule has 104 valence electrons. The predicted molar refractivity (Wildman–Crippen MR) is 79.9 cm³/mol. The van der Waals surface area contributed by atoms with E-state index in [-0.39, 0.29) is 5.91 Å². The Kier molecular flexibility index (Phi) is 4.71. The Morgan fingerprint density at radius 1 is 1.20 bits per heavy atom. The number of rotatable bonds is 5. The third kappa shape index (κ3) is 3.82. The van der Waals surface area contributed by atoms with E-state index in [0.29, 0.717) is 25.2 Å². The molecule has 1 aromatic carbocycles. The molecule has 0 saturated heterocycles. The van der Waals surface area contributed by atoms with Crippen LogP contribution in [0.3, 0.4) is 0 Å². The third-order valence-electron chi connectivity index (χ3n) is 3.13. The Morgan fingerprint density at radius 2 is 1.95 bits per heavy atom. The lowest BCUT2D eigenvalue weighted by Crippen LogP contribution is -2.31. The minimum atomic E-state index is 0.0774. The van der Waals surface area contributed by atoms with Gasteiger partial charge in [0.25, 0.3) is 0 Å². The SMILES string of the molecule is CCN(Cc1ccccc1)C(=O)Cc1ccc(N)cn1. The van der Waals surface area contributed by atoms with E-state index in [4.69, 9.17) is 5.73 Å². The lowest BCUT2D eigenvalue weighted by Gasteiger charge is -2.21. The Bertz CT molecular complexity index is 552. The Balaban J connectivity index is 2.00. The van der Waals surface area contributed by atoms with E-state index >= 15 is 0 Å². The molecule has 0 radical (unpaired) electrons. The van der Waals surface area contributed by atoms with Crippen LogP contribution >= 0.6 is 0 Å². The van der Waals surface area contributed by atoms with Crippen molar-refractivity contribution >= 4 is 11.6 Å². The van der Waals surface area contributed by atoms with Gasteiger partial charge in [-0.25, -0.2) is 0 Å². The molecule has 2 aromatic rings. The van der Waals surface area contributed by atoms with Crippen LogP contribution in [-0.4, -0.2) is 22.3 Å². The standard InChI is InChI=1S/C16H19N3O/c1-2-19(12-13-6-4-3-5-7-13)16(20)10-15-9-8-14(17)11-18-15/h3-9,11H,2,10,12,17H2,1H3. The molecule has 0 aliphatic rings. The highest BCUT2D eigenvalue weighted by atomic mass is 16.2. The zero-order valence-corrected chi connectivity index (χ0v) is 11.6.